The Morgan fingerprint density at radius 1 is 1.14 bits per heavy atom. The number of aromatic amines is 1. The molecule has 11 heteroatoms. The van der Waals surface area contributed by atoms with Crippen molar-refractivity contribution in [1.29, 1.82) is 0 Å². The van der Waals surface area contributed by atoms with Gasteiger partial charge in [0.05, 0.1) is 21.9 Å². The van der Waals surface area contributed by atoms with E-state index in [9.17, 15) is 14.9 Å². The lowest BCUT2D eigenvalue weighted by Gasteiger charge is -2.09. The van der Waals surface area contributed by atoms with Crippen LogP contribution in [0.25, 0.3) is 0 Å². The number of benzene rings is 1. The number of anilines is 5. The Labute approximate surface area is 164 Å². The zero-order valence-electron chi connectivity index (χ0n) is 15.0. The molecule has 0 unspecified atom stereocenters. The van der Waals surface area contributed by atoms with Crippen molar-refractivity contribution in [2.24, 2.45) is 0 Å². The minimum absolute atomic E-state index is 0.0930. The zero-order valence-corrected chi connectivity index (χ0v) is 15.0. The van der Waals surface area contributed by atoms with Crippen LogP contribution in [0.15, 0.2) is 36.4 Å². The number of amides is 1. The van der Waals surface area contributed by atoms with Crippen LogP contribution in [0.3, 0.4) is 0 Å². The van der Waals surface area contributed by atoms with Gasteiger partial charge in [-0.2, -0.15) is 5.10 Å². The van der Waals surface area contributed by atoms with E-state index in [4.69, 9.17) is 0 Å². The fourth-order valence-corrected chi connectivity index (χ4v) is 3.10. The molecule has 29 heavy (non-hydrogen) atoms. The molecule has 1 fully saturated rings. The van der Waals surface area contributed by atoms with E-state index in [1.807, 2.05) is 6.07 Å². The summed E-state index contributed by atoms with van der Waals surface area (Å²) in [5.41, 5.74) is 8.82. The Hall–Kier alpha value is -4.15. The van der Waals surface area contributed by atoms with Crippen LogP contribution in [0.5, 0.6) is 0 Å². The van der Waals surface area contributed by atoms with Gasteiger partial charge in [-0.3, -0.25) is 25.4 Å². The summed E-state index contributed by atoms with van der Waals surface area (Å²) in [6.45, 7) is 0. The lowest BCUT2D eigenvalue weighted by molar-refractivity contribution is -0.384. The number of aromatic nitrogens is 3. The summed E-state index contributed by atoms with van der Waals surface area (Å²) in [6, 6.07) is 9.82. The number of hydrogen-bond donors (Lipinski definition) is 4. The Bertz CT molecular complexity index is 1140. The average Bonchev–Trinajstić information content (AvgIpc) is 3.35. The normalized spacial score (nSPS) is 14.7. The Kier molecular flexibility index (Phi) is 3.79. The number of nitro groups is 1. The Morgan fingerprint density at radius 2 is 2.00 bits per heavy atom. The predicted molar refractivity (Wildman–Crippen MR) is 105 cm³/mol. The number of carbonyl (C=O) groups is 1. The predicted octanol–water partition coefficient (Wildman–Crippen LogP) is 3.16. The van der Waals surface area contributed by atoms with Crippen LogP contribution < -0.4 is 21.5 Å². The van der Waals surface area contributed by atoms with E-state index < -0.39 is 4.92 Å². The lowest BCUT2D eigenvalue weighted by atomic mass is 10.1. The zero-order chi connectivity index (χ0) is 20.0. The van der Waals surface area contributed by atoms with Crippen molar-refractivity contribution in [3.63, 3.8) is 0 Å². The van der Waals surface area contributed by atoms with Crippen LogP contribution in [-0.2, 0) is 0 Å². The second kappa shape index (κ2) is 6.48. The van der Waals surface area contributed by atoms with Gasteiger partial charge in [0.2, 0.25) is 5.82 Å². The topological polar surface area (TPSA) is 152 Å². The standard InChI is InChI=1S/C18H15N8O3/c27-18-11-4-3-10(7-13(11)23-25-18)19-15-6-5-14(26(28)29)17(20-15)21-16-8-12(22-24-16)9-1-2-9/h3-9,23H,1-2H2,(H3,19,20,21,22,24). The number of H-pyrrole nitrogens is 1. The number of rotatable bonds is 6. The van der Waals surface area contributed by atoms with Crippen LogP contribution in [0.4, 0.5) is 34.5 Å². The van der Waals surface area contributed by atoms with E-state index in [1.165, 1.54) is 12.1 Å². The molecule has 1 saturated carbocycles. The van der Waals surface area contributed by atoms with Gasteiger partial charge in [-0.05, 0) is 37.1 Å². The summed E-state index contributed by atoms with van der Waals surface area (Å²) in [7, 11) is 0. The van der Waals surface area contributed by atoms with Crippen molar-refractivity contribution in [1.82, 2.24) is 20.6 Å². The third-order valence-corrected chi connectivity index (χ3v) is 4.72. The van der Waals surface area contributed by atoms with Crippen molar-refractivity contribution < 1.29 is 9.72 Å². The SMILES string of the molecule is O=C1[N]Nc2cc(Nc3ccc([N+](=O)[O-])c(Nc4cc(C5CC5)n[nH]4)n3)ccc21. The fraction of sp³-hybridized carbons (Fsp3) is 0.167. The molecule has 2 aromatic heterocycles. The molecule has 1 amide bonds. The molecule has 0 spiro atoms. The molecule has 145 valence electrons. The number of nitrogens with zero attached hydrogens (tertiary/aromatic N) is 4. The summed E-state index contributed by atoms with van der Waals surface area (Å²) in [6.07, 6.45) is 2.22. The highest BCUT2D eigenvalue weighted by Crippen LogP contribution is 2.40. The average molecular weight is 391 g/mol. The van der Waals surface area contributed by atoms with Gasteiger partial charge in [0.1, 0.15) is 11.6 Å². The number of pyridine rings is 1. The molecule has 5 rings (SSSR count). The lowest BCUT2D eigenvalue weighted by Crippen LogP contribution is -2.10. The highest BCUT2D eigenvalue weighted by molar-refractivity contribution is 6.04. The van der Waals surface area contributed by atoms with E-state index in [0.29, 0.717) is 34.5 Å². The van der Waals surface area contributed by atoms with Gasteiger partial charge >= 0.3 is 5.69 Å². The molecule has 0 bridgehead atoms. The molecule has 1 aliphatic heterocycles. The van der Waals surface area contributed by atoms with Gasteiger partial charge in [0, 0.05) is 23.7 Å². The number of carbonyl (C=O) groups excluding carboxylic acids is 1. The molecule has 2 aliphatic rings. The van der Waals surface area contributed by atoms with E-state index in [1.54, 1.807) is 18.2 Å². The summed E-state index contributed by atoms with van der Waals surface area (Å²) in [5, 5.41) is 24.5. The first-order valence-corrected chi connectivity index (χ1v) is 8.97. The molecule has 1 radical (unpaired) electrons. The number of hydrogen-bond acceptors (Lipinski definition) is 8. The molecule has 0 atom stereocenters. The van der Waals surface area contributed by atoms with Crippen molar-refractivity contribution >= 4 is 40.4 Å². The first kappa shape index (κ1) is 17.0. The molecule has 4 N–H and O–H groups in total. The molecule has 3 heterocycles. The smallest absolute Gasteiger partial charge is 0.311 e. The highest BCUT2D eigenvalue weighted by atomic mass is 16.6. The third kappa shape index (κ3) is 3.29. The molecule has 0 saturated heterocycles. The van der Waals surface area contributed by atoms with E-state index in [-0.39, 0.29) is 17.4 Å². The van der Waals surface area contributed by atoms with Crippen molar-refractivity contribution in [2.45, 2.75) is 18.8 Å². The summed E-state index contributed by atoms with van der Waals surface area (Å²) < 4.78 is 0. The summed E-state index contributed by atoms with van der Waals surface area (Å²) in [4.78, 5) is 26.8. The minimum Gasteiger partial charge on any atom is -0.340 e. The van der Waals surface area contributed by atoms with E-state index >= 15 is 0 Å². The maximum absolute atomic E-state index is 11.6. The van der Waals surface area contributed by atoms with Crippen LogP contribution in [0.1, 0.15) is 34.8 Å². The molecule has 11 nitrogen and oxygen atoms in total. The fourth-order valence-electron chi connectivity index (χ4n) is 3.10. The summed E-state index contributed by atoms with van der Waals surface area (Å²) in [5.74, 6) is 1.18. The Balaban J connectivity index is 1.41. The van der Waals surface area contributed by atoms with Crippen molar-refractivity contribution in [3.8, 4) is 0 Å². The van der Waals surface area contributed by atoms with Gasteiger partial charge in [0.25, 0.3) is 5.91 Å². The maximum atomic E-state index is 11.6. The van der Waals surface area contributed by atoms with E-state index in [2.05, 4.69) is 36.7 Å². The monoisotopic (exact) mass is 391 g/mol. The van der Waals surface area contributed by atoms with Gasteiger partial charge in [0.15, 0.2) is 0 Å². The molecular formula is C18H15N8O3. The molecule has 1 aliphatic carbocycles. The first-order valence-electron chi connectivity index (χ1n) is 8.97. The third-order valence-electron chi connectivity index (χ3n) is 4.72. The minimum atomic E-state index is -0.496. The quantitative estimate of drug-likeness (QED) is 0.369. The highest BCUT2D eigenvalue weighted by Gasteiger charge is 2.27. The second-order valence-electron chi connectivity index (χ2n) is 6.84. The number of fused-ring (bicyclic) bond motifs is 1. The van der Waals surface area contributed by atoms with E-state index in [0.717, 1.165) is 18.5 Å². The van der Waals surface area contributed by atoms with Crippen LogP contribution in [0.2, 0.25) is 0 Å². The molecule has 3 aromatic rings. The van der Waals surface area contributed by atoms with Crippen molar-refractivity contribution in [3.05, 3.63) is 57.8 Å². The first-order chi connectivity index (χ1) is 14.1. The molecular weight excluding hydrogens is 376 g/mol. The summed E-state index contributed by atoms with van der Waals surface area (Å²) >= 11 is 0. The van der Waals surface area contributed by atoms with Crippen LogP contribution in [0, 0.1) is 10.1 Å². The number of nitrogens with one attached hydrogen (secondary N) is 4. The second-order valence-corrected chi connectivity index (χ2v) is 6.84. The van der Waals surface area contributed by atoms with Crippen molar-refractivity contribution in [2.75, 3.05) is 16.1 Å². The van der Waals surface area contributed by atoms with Gasteiger partial charge in [-0.1, -0.05) is 0 Å². The largest absolute Gasteiger partial charge is 0.340 e. The van der Waals surface area contributed by atoms with Crippen LogP contribution >= 0.6 is 0 Å². The van der Waals surface area contributed by atoms with Gasteiger partial charge < -0.3 is 10.6 Å². The maximum Gasteiger partial charge on any atom is 0.311 e. The van der Waals surface area contributed by atoms with Gasteiger partial charge in [-0.25, -0.2) is 4.98 Å². The van der Waals surface area contributed by atoms with Gasteiger partial charge in [-0.15, -0.1) is 5.43 Å². The molecule has 1 aromatic carbocycles. The van der Waals surface area contributed by atoms with Crippen LogP contribution in [-0.4, -0.2) is 26.0 Å². The Morgan fingerprint density at radius 3 is 2.79 bits per heavy atom.